The van der Waals surface area contributed by atoms with E-state index in [-0.39, 0.29) is 0 Å². The Labute approximate surface area is 94.3 Å². The van der Waals surface area contributed by atoms with Crippen molar-refractivity contribution in [3.8, 4) is 11.6 Å². The molecule has 0 amide bonds. The number of benzene rings is 1. The second kappa shape index (κ2) is 3.98. The van der Waals surface area contributed by atoms with Gasteiger partial charge in [0, 0.05) is 12.3 Å². The molecule has 1 aromatic heterocycles. The monoisotopic (exact) mass is 210 g/mol. The number of aromatic nitrogens is 1. The quantitative estimate of drug-likeness (QED) is 0.706. The molecule has 0 saturated heterocycles. The third-order valence-corrected chi connectivity index (χ3v) is 2.42. The van der Waals surface area contributed by atoms with Crippen LogP contribution in [0.25, 0.3) is 0 Å². The molecule has 0 spiro atoms. The van der Waals surface area contributed by atoms with E-state index in [4.69, 9.17) is 9.39 Å². The van der Waals surface area contributed by atoms with Crippen LogP contribution in [-0.2, 0) is 11.3 Å². The molecule has 2 heterocycles. The van der Waals surface area contributed by atoms with E-state index in [0.29, 0.717) is 12.5 Å². The van der Waals surface area contributed by atoms with E-state index in [9.17, 15) is 0 Å². The summed E-state index contributed by atoms with van der Waals surface area (Å²) in [6.07, 6.45) is 1.71. The lowest BCUT2D eigenvalue weighted by Gasteiger charge is -2.05. The first-order chi connectivity index (χ1) is 7.92. The number of ether oxygens (including phenoxy) is 1. The minimum atomic E-state index is 0.602. The molecule has 1 aromatic carbocycles. The maximum atomic E-state index is 5.62. The largest absolute Gasteiger partial charge is 0.439 e. The Kier molecular flexibility index (Phi) is 2.35. The number of nitrogens with zero attached hydrogens (tertiary/aromatic N) is 1. The fraction of sp³-hybridized carbons (Fsp3) is 0.0833. The zero-order valence-corrected chi connectivity index (χ0v) is 8.59. The summed E-state index contributed by atoms with van der Waals surface area (Å²) in [5.74, 6) is 1.39. The lowest BCUT2D eigenvalue weighted by molar-refractivity contribution is 0.344. The van der Waals surface area contributed by atoms with Crippen molar-refractivity contribution in [1.29, 1.82) is 0 Å². The molecule has 2 aromatic rings. The van der Waals surface area contributed by atoms with Crippen LogP contribution in [0.3, 0.4) is 0 Å². The summed E-state index contributed by atoms with van der Waals surface area (Å²) < 4.78 is 10.8. The SMILES string of the molecule is [B]1OCc2cc(Oc3ccccn3)ccc21. The van der Waals surface area contributed by atoms with Crippen LogP contribution in [0.2, 0.25) is 0 Å². The number of pyridine rings is 1. The van der Waals surface area contributed by atoms with Gasteiger partial charge >= 0.3 is 7.48 Å². The fourth-order valence-electron chi connectivity index (χ4n) is 1.64. The Balaban J connectivity index is 1.86. The molecule has 4 heteroatoms. The van der Waals surface area contributed by atoms with Crippen molar-refractivity contribution in [1.82, 2.24) is 4.98 Å². The van der Waals surface area contributed by atoms with Gasteiger partial charge in [0.15, 0.2) is 0 Å². The zero-order chi connectivity index (χ0) is 10.8. The van der Waals surface area contributed by atoms with Crippen LogP contribution in [0.1, 0.15) is 5.56 Å². The average molecular weight is 210 g/mol. The van der Waals surface area contributed by atoms with Crippen LogP contribution >= 0.6 is 0 Å². The Morgan fingerprint density at radius 1 is 1.25 bits per heavy atom. The smallest absolute Gasteiger partial charge is 0.330 e. The maximum absolute atomic E-state index is 5.62. The van der Waals surface area contributed by atoms with E-state index in [1.54, 1.807) is 13.7 Å². The predicted octanol–water partition coefficient (Wildman–Crippen LogP) is 1.65. The molecule has 16 heavy (non-hydrogen) atoms. The molecule has 0 atom stereocenters. The van der Waals surface area contributed by atoms with Gasteiger partial charge in [-0.3, -0.25) is 0 Å². The van der Waals surface area contributed by atoms with Gasteiger partial charge in [-0.15, -0.1) is 0 Å². The summed E-state index contributed by atoms with van der Waals surface area (Å²) >= 11 is 0. The molecule has 0 saturated carbocycles. The van der Waals surface area contributed by atoms with E-state index >= 15 is 0 Å². The molecule has 3 rings (SSSR count). The molecule has 0 unspecified atom stereocenters. The topological polar surface area (TPSA) is 31.4 Å². The molecule has 0 N–H and O–H groups in total. The van der Waals surface area contributed by atoms with Gasteiger partial charge in [0.1, 0.15) is 5.75 Å². The van der Waals surface area contributed by atoms with Crippen molar-refractivity contribution < 1.29 is 9.39 Å². The van der Waals surface area contributed by atoms with E-state index in [1.165, 1.54) is 0 Å². The molecule has 0 bridgehead atoms. The summed E-state index contributed by atoms with van der Waals surface area (Å²) in [5.41, 5.74) is 2.27. The molecule has 1 radical (unpaired) electrons. The Morgan fingerprint density at radius 2 is 2.25 bits per heavy atom. The van der Waals surface area contributed by atoms with E-state index < -0.39 is 0 Å². The van der Waals surface area contributed by atoms with Crippen LogP contribution < -0.4 is 10.2 Å². The third-order valence-electron chi connectivity index (χ3n) is 2.42. The Morgan fingerprint density at radius 3 is 3.12 bits per heavy atom. The number of hydrogen-bond donors (Lipinski definition) is 0. The zero-order valence-electron chi connectivity index (χ0n) is 8.59. The van der Waals surface area contributed by atoms with Gasteiger partial charge in [0.05, 0.1) is 6.61 Å². The van der Waals surface area contributed by atoms with Crippen LogP contribution in [0, 0.1) is 0 Å². The van der Waals surface area contributed by atoms with Gasteiger partial charge in [-0.2, -0.15) is 0 Å². The minimum Gasteiger partial charge on any atom is -0.439 e. The van der Waals surface area contributed by atoms with Crippen molar-refractivity contribution in [2.75, 3.05) is 0 Å². The van der Waals surface area contributed by atoms with Gasteiger partial charge < -0.3 is 9.39 Å². The molecule has 0 aliphatic carbocycles. The predicted molar refractivity (Wildman–Crippen MR) is 60.9 cm³/mol. The highest BCUT2D eigenvalue weighted by Gasteiger charge is 2.13. The molecule has 3 nitrogen and oxygen atoms in total. The molecular formula is C12H9BNO2. The maximum Gasteiger partial charge on any atom is 0.330 e. The minimum absolute atomic E-state index is 0.602. The number of hydrogen-bond acceptors (Lipinski definition) is 3. The molecular weight excluding hydrogens is 201 g/mol. The highest BCUT2D eigenvalue weighted by atomic mass is 16.5. The van der Waals surface area contributed by atoms with Crippen molar-refractivity contribution >= 4 is 12.9 Å². The van der Waals surface area contributed by atoms with Gasteiger partial charge in [-0.1, -0.05) is 12.1 Å². The first kappa shape index (κ1) is 9.42. The lowest BCUT2D eigenvalue weighted by atomic mass is 9.87. The summed E-state index contributed by atoms with van der Waals surface area (Å²) in [6, 6.07) is 11.5. The lowest BCUT2D eigenvalue weighted by Crippen LogP contribution is -2.10. The molecule has 77 valence electrons. The normalized spacial score (nSPS) is 13.0. The number of rotatable bonds is 2. The van der Waals surface area contributed by atoms with Gasteiger partial charge in [0.2, 0.25) is 5.88 Å². The third kappa shape index (κ3) is 1.79. The van der Waals surface area contributed by atoms with Crippen molar-refractivity contribution in [2.24, 2.45) is 0 Å². The second-order valence-electron chi connectivity index (χ2n) is 3.56. The van der Waals surface area contributed by atoms with Gasteiger partial charge in [-0.05, 0) is 29.2 Å². The molecule has 1 aliphatic heterocycles. The summed E-state index contributed by atoms with van der Waals surface area (Å²) in [7, 11) is 1.76. The molecule has 1 aliphatic rings. The number of fused-ring (bicyclic) bond motifs is 1. The van der Waals surface area contributed by atoms with Crippen LogP contribution in [0.5, 0.6) is 11.6 Å². The standard InChI is InChI=1S/C12H9BNO2/c1-2-6-14-12(3-1)16-10-4-5-11-9(7-10)8-15-13-11/h1-7H,8H2. The first-order valence-corrected chi connectivity index (χ1v) is 5.08. The van der Waals surface area contributed by atoms with Crippen LogP contribution in [-0.4, -0.2) is 12.5 Å². The summed E-state index contributed by atoms with van der Waals surface area (Å²) in [5, 5.41) is 0. The van der Waals surface area contributed by atoms with Crippen molar-refractivity contribution in [3.05, 3.63) is 48.2 Å². The van der Waals surface area contributed by atoms with E-state index in [1.807, 2.05) is 36.4 Å². The average Bonchev–Trinajstić information content (AvgIpc) is 2.77. The molecule has 0 fully saturated rings. The van der Waals surface area contributed by atoms with Crippen LogP contribution in [0.15, 0.2) is 42.6 Å². The van der Waals surface area contributed by atoms with E-state index in [0.717, 1.165) is 16.8 Å². The summed E-state index contributed by atoms with van der Waals surface area (Å²) in [6.45, 7) is 0.620. The van der Waals surface area contributed by atoms with Crippen molar-refractivity contribution in [2.45, 2.75) is 6.61 Å². The first-order valence-electron chi connectivity index (χ1n) is 5.08. The van der Waals surface area contributed by atoms with Gasteiger partial charge in [0.25, 0.3) is 0 Å². The summed E-state index contributed by atoms with van der Waals surface area (Å²) in [4.78, 5) is 4.11. The highest BCUT2D eigenvalue weighted by Crippen LogP contribution is 2.20. The Bertz CT molecular complexity index is 502. The Hall–Kier alpha value is -1.81. The highest BCUT2D eigenvalue weighted by molar-refractivity contribution is 6.48. The van der Waals surface area contributed by atoms with E-state index in [2.05, 4.69) is 4.98 Å². The fourth-order valence-corrected chi connectivity index (χ4v) is 1.64. The van der Waals surface area contributed by atoms with Crippen molar-refractivity contribution in [3.63, 3.8) is 0 Å². The second-order valence-corrected chi connectivity index (χ2v) is 3.56. The van der Waals surface area contributed by atoms with Crippen LogP contribution in [0.4, 0.5) is 0 Å². The van der Waals surface area contributed by atoms with Gasteiger partial charge in [-0.25, -0.2) is 4.98 Å².